The number of aromatic nitrogens is 1. The second-order valence-electron chi connectivity index (χ2n) is 9.88. The summed E-state index contributed by atoms with van der Waals surface area (Å²) < 4.78 is 11.5. The fourth-order valence-corrected chi connectivity index (χ4v) is 5.51. The van der Waals surface area contributed by atoms with Gasteiger partial charge >= 0.3 is 5.97 Å². The fourth-order valence-electron chi connectivity index (χ4n) is 5.51. The van der Waals surface area contributed by atoms with Gasteiger partial charge in [0.05, 0.1) is 37.2 Å². The summed E-state index contributed by atoms with van der Waals surface area (Å²) in [5, 5.41) is 3.43. The average Bonchev–Trinajstić information content (AvgIpc) is 3.65. The number of likely N-dealkylation sites (tertiary alicyclic amines) is 1. The van der Waals surface area contributed by atoms with E-state index in [0.29, 0.717) is 12.5 Å². The van der Waals surface area contributed by atoms with Gasteiger partial charge in [-0.1, -0.05) is 24.3 Å². The molecule has 1 N–H and O–H groups in total. The van der Waals surface area contributed by atoms with Crippen LogP contribution in [0.2, 0.25) is 0 Å². The SMILES string of the molecule is COC(=O)CN1CCC(OCCCCc2ccc3c(n2)CCCN3)C1c1ccccc1C1CC1. The van der Waals surface area contributed by atoms with E-state index in [9.17, 15) is 4.79 Å². The number of nitrogens with zero attached hydrogens (tertiary/aromatic N) is 2. The third-order valence-electron chi connectivity index (χ3n) is 7.43. The summed E-state index contributed by atoms with van der Waals surface area (Å²) in [5.41, 5.74) is 6.38. The van der Waals surface area contributed by atoms with Gasteiger partial charge in [0.25, 0.3) is 0 Å². The number of carbonyl (C=O) groups is 1. The molecule has 1 aromatic heterocycles. The summed E-state index contributed by atoms with van der Waals surface area (Å²) in [5.74, 6) is 0.485. The van der Waals surface area contributed by atoms with Gasteiger partial charge in [-0.05, 0) is 80.5 Å². The number of fused-ring (bicyclic) bond motifs is 1. The molecule has 0 amide bonds. The molecule has 1 saturated carbocycles. The van der Waals surface area contributed by atoms with Gasteiger partial charge in [-0.15, -0.1) is 0 Å². The minimum Gasteiger partial charge on any atom is -0.468 e. The van der Waals surface area contributed by atoms with Gasteiger partial charge in [0.1, 0.15) is 0 Å². The van der Waals surface area contributed by atoms with Crippen molar-refractivity contribution < 1.29 is 14.3 Å². The van der Waals surface area contributed by atoms with Crippen LogP contribution in [0.5, 0.6) is 0 Å². The highest BCUT2D eigenvalue weighted by Crippen LogP contribution is 2.46. The molecule has 3 heterocycles. The lowest BCUT2D eigenvalue weighted by Gasteiger charge is -2.29. The van der Waals surface area contributed by atoms with Crippen molar-refractivity contribution in [3.8, 4) is 0 Å². The van der Waals surface area contributed by atoms with Gasteiger partial charge in [-0.25, -0.2) is 0 Å². The highest BCUT2D eigenvalue weighted by molar-refractivity contribution is 5.71. The van der Waals surface area contributed by atoms with Crippen molar-refractivity contribution in [1.29, 1.82) is 0 Å². The van der Waals surface area contributed by atoms with E-state index in [2.05, 4.69) is 46.6 Å². The molecular weight excluding hydrogens is 426 g/mol. The number of aryl methyl sites for hydroxylation is 2. The third kappa shape index (κ3) is 5.44. The maximum atomic E-state index is 12.1. The number of hydrogen-bond donors (Lipinski definition) is 1. The predicted molar refractivity (Wildman–Crippen MR) is 133 cm³/mol. The highest BCUT2D eigenvalue weighted by Gasteiger charge is 2.40. The van der Waals surface area contributed by atoms with Crippen molar-refractivity contribution >= 4 is 11.7 Å². The number of esters is 1. The van der Waals surface area contributed by atoms with Crippen molar-refractivity contribution in [1.82, 2.24) is 9.88 Å². The minimum absolute atomic E-state index is 0.109. The molecule has 3 aliphatic rings. The van der Waals surface area contributed by atoms with Crippen molar-refractivity contribution in [3.05, 3.63) is 58.9 Å². The molecule has 0 bridgehead atoms. The third-order valence-corrected chi connectivity index (χ3v) is 7.43. The monoisotopic (exact) mass is 463 g/mol. The number of methoxy groups -OCH3 is 1. The highest BCUT2D eigenvalue weighted by atomic mass is 16.5. The molecule has 2 unspecified atom stereocenters. The largest absolute Gasteiger partial charge is 0.468 e. The summed E-state index contributed by atoms with van der Waals surface area (Å²) in [4.78, 5) is 19.2. The van der Waals surface area contributed by atoms with Crippen LogP contribution in [0.3, 0.4) is 0 Å². The molecule has 1 aromatic carbocycles. The first-order chi connectivity index (χ1) is 16.7. The van der Waals surface area contributed by atoms with Crippen molar-refractivity contribution in [2.24, 2.45) is 0 Å². The van der Waals surface area contributed by atoms with Crippen LogP contribution in [0.25, 0.3) is 0 Å². The van der Waals surface area contributed by atoms with Crippen LogP contribution in [0.15, 0.2) is 36.4 Å². The number of anilines is 1. The van der Waals surface area contributed by atoms with Crippen LogP contribution >= 0.6 is 0 Å². The second-order valence-corrected chi connectivity index (χ2v) is 9.88. The van der Waals surface area contributed by atoms with E-state index in [1.165, 1.54) is 48.2 Å². The van der Waals surface area contributed by atoms with E-state index in [0.717, 1.165) is 58.2 Å². The van der Waals surface area contributed by atoms with Gasteiger partial charge in [0, 0.05) is 25.4 Å². The standard InChI is InChI=1S/C28H37N3O3/c1-33-27(32)19-31-17-15-26(28(31)23-9-3-2-8-22(23)20-11-12-20)34-18-5-4-7-21-13-14-24-25(30-21)10-6-16-29-24/h2-3,8-9,13-14,20,26,28-29H,4-7,10-12,15-19H2,1H3. The number of rotatable bonds is 10. The molecule has 5 rings (SSSR count). The van der Waals surface area contributed by atoms with Crippen LogP contribution in [0, 0.1) is 0 Å². The number of benzene rings is 1. The van der Waals surface area contributed by atoms with Crippen LogP contribution in [-0.2, 0) is 27.1 Å². The number of ether oxygens (including phenoxy) is 2. The molecule has 0 radical (unpaired) electrons. The average molecular weight is 464 g/mol. The number of unbranched alkanes of at least 4 members (excludes halogenated alkanes) is 1. The molecule has 34 heavy (non-hydrogen) atoms. The number of pyridine rings is 1. The molecule has 2 aliphatic heterocycles. The van der Waals surface area contributed by atoms with E-state index in [1.807, 2.05) is 0 Å². The lowest BCUT2D eigenvalue weighted by atomic mass is 9.94. The lowest BCUT2D eigenvalue weighted by Crippen LogP contribution is -2.34. The second kappa shape index (κ2) is 10.9. The Bertz CT molecular complexity index is 991. The van der Waals surface area contributed by atoms with Crippen LogP contribution in [0.1, 0.15) is 73.0 Å². The van der Waals surface area contributed by atoms with Gasteiger partial charge in [-0.3, -0.25) is 14.7 Å². The van der Waals surface area contributed by atoms with Gasteiger partial charge < -0.3 is 14.8 Å². The van der Waals surface area contributed by atoms with Crippen LogP contribution < -0.4 is 5.32 Å². The molecular formula is C28H37N3O3. The summed E-state index contributed by atoms with van der Waals surface area (Å²) in [7, 11) is 1.47. The molecule has 2 fully saturated rings. The smallest absolute Gasteiger partial charge is 0.319 e. The molecule has 1 saturated heterocycles. The number of carbonyl (C=O) groups excluding carboxylic acids is 1. The van der Waals surface area contributed by atoms with Crippen molar-refractivity contribution in [2.45, 2.75) is 69.4 Å². The minimum atomic E-state index is -0.178. The molecule has 1 aliphatic carbocycles. The first-order valence-corrected chi connectivity index (χ1v) is 13.0. The molecule has 0 spiro atoms. The number of nitrogens with one attached hydrogen (secondary N) is 1. The van der Waals surface area contributed by atoms with Crippen LogP contribution in [-0.4, -0.2) is 55.3 Å². The topological polar surface area (TPSA) is 63.7 Å². The van der Waals surface area contributed by atoms with Crippen LogP contribution in [0.4, 0.5) is 5.69 Å². The maximum Gasteiger partial charge on any atom is 0.319 e. The van der Waals surface area contributed by atoms with E-state index < -0.39 is 0 Å². The Morgan fingerprint density at radius 3 is 2.79 bits per heavy atom. The van der Waals surface area contributed by atoms with Gasteiger partial charge in [-0.2, -0.15) is 0 Å². The zero-order valence-corrected chi connectivity index (χ0v) is 20.3. The molecule has 2 atom stereocenters. The first kappa shape index (κ1) is 23.3. The quantitative estimate of drug-likeness (QED) is 0.409. The Morgan fingerprint density at radius 2 is 1.97 bits per heavy atom. The van der Waals surface area contributed by atoms with Crippen molar-refractivity contribution in [2.75, 3.05) is 38.7 Å². The Labute approximate surface area is 203 Å². The zero-order chi connectivity index (χ0) is 23.3. The molecule has 2 aromatic rings. The van der Waals surface area contributed by atoms with Crippen molar-refractivity contribution in [3.63, 3.8) is 0 Å². The predicted octanol–water partition coefficient (Wildman–Crippen LogP) is 4.65. The lowest BCUT2D eigenvalue weighted by molar-refractivity contribution is -0.142. The van der Waals surface area contributed by atoms with E-state index in [1.54, 1.807) is 0 Å². The summed E-state index contributed by atoms with van der Waals surface area (Å²) in [6.07, 6.45) is 8.89. The number of hydrogen-bond acceptors (Lipinski definition) is 6. The fraction of sp³-hybridized carbons (Fsp3) is 0.571. The summed E-state index contributed by atoms with van der Waals surface area (Å²) in [6, 6.07) is 13.2. The van der Waals surface area contributed by atoms with E-state index >= 15 is 0 Å². The summed E-state index contributed by atoms with van der Waals surface area (Å²) >= 11 is 0. The Balaban J connectivity index is 1.18. The molecule has 6 heteroatoms. The Morgan fingerprint density at radius 1 is 1.12 bits per heavy atom. The van der Waals surface area contributed by atoms with Gasteiger partial charge in [0.2, 0.25) is 0 Å². The molecule has 6 nitrogen and oxygen atoms in total. The van der Waals surface area contributed by atoms with Gasteiger partial charge in [0.15, 0.2) is 0 Å². The molecule has 182 valence electrons. The zero-order valence-electron chi connectivity index (χ0n) is 20.3. The normalized spacial score (nSPS) is 22.3. The first-order valence-electron chi connectivity index (χ1n) is 13.0. The van der Waals surface area contributed by atoms with E-state index in [4.69, 9.17) is 14.5 Å². The Kier molecular flexibility index (Phi) is 7.45. The summed E-state index contributed by atoms with van der Waals surface area (Å²) in [6.45, 7) is 2.97. The maximum absolute atomic E-state index is 12.1. The van der Waals surface area contributed by atoms with E-state index in [-0.39, 0.29) is 18.1 Å². The Hall–Kier alpha value is -2.44.